The van der Waals surface area contributed by atoms with Crippen LogP contribution in [-0.2, 0) is 16.9 Å². The fourth-order valence-electron chi connectivity index (χ4n) is 3.22. The van der Waals surface area contributed by atoms with Crippen LogP contribution in [0.15, 0.2) is 29.2 Å². The molecule has 1 amide bonds. The van der Waals surface area contributed by atoms with Gasteiger partial charge in [0.25, 0.3) is 5.56 Å². The Morgan fingerprint density at radius 3 is 2.33 bits per heavy atom. The van der Waals surface area contributed by atoms with Crippen molar-refractivity contribution in [3.63, 3.8) is 0 Å². The molecule has 0 atom stereocenters. The highest BCUT2D eigenvalue weighted by molar-refractivity contribution is 5.91. The number of anilines is 1. The number of rotatable bonds is 3. The van der Waals surface area contributed by atoms with E-state index in [2.05, 4.69) is 15.5 Å². The third kappa shape index (κ3) is 3.77. The molecule has 7 heteroatoms. The number of aryl methyl sites for hydroxylation is 3. The molecule has 3 rings (SSSR count). The molecule has 0 aliphatic carbocycles. The van der Waals surface area contributed by atoms with Gasteiger partial charge in [0.2, 0.25) is 5.91 Å². The summed E-state index contributed by atoms with van der Waals surface area (Å²) in [5, 5.41) is 12.2. The van der Waals surface area contributed by atoms with E-state index in [-0.39, 0.29) is 23.6 Å². The number of carbonyl (C=O) groups excluding carboxylic acids is 1. The van der Waals surface area contributed by atoms with Crippen LogP contribution in [0.5, 0.6) is 0 Å². The number of hydrogen-bond donors (Lipinski definition) is 1. The van der Waals surface area contributed by atoms with E-state index in [0.29, 0.717) is 22.3 Å². The molecule has 1 aromatic carbocycles. The third-order valence-electron chi connectivity index (χ3n) is 4.30. The normalized spacial score (nSPS) is 11.8. The molecule has 0 fully saturated rings. The molecular weight excluding hydrogens is 342 g/mol. The molecule has 1 N–H and O–H groups in total. The minimum Gasteiger partial charge on any atom is -0.324 e. The van der Waals surface area contributed by atoms with Crippen molar-refractivity contribution in [2.45, 2.75) is 53.6 Å². The second-order valence-electron chi connectivity index (χ2n) is 7.96. The van der Waals surface area contributed by atoms with Gasteiger partial charge in [-0.05, 0) is 64.8 Å². The van der Waals surface area contributed by atoms with Crippen molar-refractivity contribution in [3.05, 3.63) is 51.6 Å². The average Bonchev–Trinajstić information content (AvgIpc) is 2.97. The number of aromatic nitrogens is 4. The Balaban J connectivity index is 1.96. The summed E-state index contributed by atoms with van der Waals surface area (Å²) in [6.45, 7) is 11.5. The third-order valence-corrected chi connectivity index (χ3v) is 4.30. The minimum absolute atomic E-state index is 0.155. The topological polar surface area (TPSA) is 81.8 Å². The lowest BCUT2D eigenvalue weighted by atomic mass is 10.1. The van der Waals surface area contributed by atoms with Crippen LogP contribution >= 0.6 is 0 Å². The molecular formula is C20H25N5O2. The predicted octanol–water partition coefficient (Wildman–Crippen LogP) is 2.91. The number of nitrogens with zero attached hydrogens (tertiary/aromatic N) is 4. The zero-order chi connectivity index (χ0) is 19.9. The standard InChI is InChI=1S/C20H25N5O2/c1-12-7-13(2)9-15(8-12)22-17(26)11-24-19(27)18-16(14(3)23-24)10-21-25(18)20(4,5)6/h7-10H,11H2,1-6H3,(H,22,26). The molecule has 0 aliphatic rings. The Bertz CT molecular complexity index is 1070. The van der Waals surface area contributed by atoms with Gasteiger partial charge in [-0.3, -0.25) is 14.3 Å². The summed E-state index contributed by atoms with van der Waals surface area (Å²) in [6, 6.07) is 5.82. The molecule has 142 valence electrons. The van der Waals surface area contributed by atoms with Crippen LogP contribution in [0.4, 0.5) is 5.69 Å². The van der Waals surface area contributed by atoms with Crippen LogP contribution in [0.1, 0.15) is 37.6 Å². The van der Waals surface area contributed by atoms with E-state index < -0.39 is 0 Å². The van der Waals surface area contributed by atoms with E-state index in [1.807, 2.05) is 59.7 Å². The van der Waals surface area contributed by atoms with E-state index in [1.165, 1.54) is 4.68 Å². The van der Waals surface area contributed by atoms with E-state index in [1.54, 1.807) is 10.9 Å². The summed E-state index contributed by atoms with van der Waals surface area (Å²) in [6.07, 6.45) is 1.66. The Hall–Kier alpha value is -2.96. The summed E-state index contributed by atoms with van der Waals surface area (Å²) in [5.41, 5.74) is 3.29. The molecule has 0 radical (unpaired) electrons. The summed E-state index contributed by atoms with van der Waals surface area (Å²) in [7, 11) is 0. The smallest absolute Gasteiger partial charge is 0.293 e. The quantitative estimate of drug-likeness (QED) is 0.772. The second kappa shape index (κ2) is 6.64. The van der Waals surface area contributed by atoms with Gasteiger partial charge in [-0.1, -0.05) is 6.07 Å². The highest BCUT2D eigenvalue weighted by Crippen LogP contribution is 2.20. The number of nitrogens with one attached hydrogen (secondary N) is 1. The SMILES string of the molecule is Cc1cc(C)cc(NC(=O)Cn2nc(C)c3cnn(C(C)(C)C)c3c2=O)c1. The predicted molar refractivity (Wildman–Crippen MR) is 106 cm³/mol. The maximum atomic E-state index is 13.0. The van der Waals surface area contributed by atoms with Crippen LogP contribution in [0.2, 0.25) is 0 Å². The zero-order valence-electron chi connectivity index (χ0n) is 16.6. The van der Waals surface area contributed by atoms with Crippen molar-refractivity contribution in [2.75, 3.05) is 5.32 Å². The molecule has 0 bridgehead atoms. The average molecular weight is 367 g/mol. The lowest BCUT2D eigenvalue weighted by Crippen LogP contribution is -2.33. The van der Waals surface area contributed by atoms with Crippen molar-refractivity contribution in [2.24, 2.45) is 0 Å². The second-order valence-corrected chi connectivity index (χ2v) is 7.96. The monoisotopic (exact) mass is 367 g/mol. The first-order valence-electron chi connectivity index (χ1n) is 8.90. The van der Waals surface area contributed by atoms with E-state index in [9.17, 15) is 9.59 Å². The first-order chi connectivity index (χ1) is 12.6. The van der Waals surface area contributed by atoms with Crippen LogP contribution in [0.3, 0.4) is 0 Å². The highest BCUT2D eigenvalue weighted by Gasteiger charge is 2.22. The van der Waals surface area contributed by atoms with Crippen molar-refractivity contribution in [1.82, 2.24) is 19.6 Å². The van der Waals surface area contributed by atoms with Gasteiger partial charge in [0.05, 0.1) is 17.4 Å². The Morgan fingerprint density at radius 1 is 1.11 bits per heavy atom. The molecule has 0 spiro atoms. The lowest BCUT2D eigenvalue weighted by Gasteiger charge is -2.20. The van der Waals surface area contributed by atoms with Gasteiger partial charge < -0.3 is 5.32 Å². The molecule has 2 heterocycles. The zero-order valence-corrected chi connectivity index (χ0v) is 16.6. The van der Waals surface area contributed by atoms with Crippen LogP contribution in [0, 0.1) is 20.8 Å². The van der Waals surface area contributed by atoms with Crippen LogP contribution in [-0.4, -0.2) is 25.5 Å². The number of benzene rings is 1. The van der Waals surface area contributed by atoms with Gasteiger partial charge in [-0.15, -0.1) is 0 Å². The number of amides is 1. The fourth-order valence-corrected chi connectivity index (χ4v) is 3.22. The Labute approximate surface area is 158 Å². The van der Waals surface area contributed by atoms with Crippen molar-refractivity contribution >= 4 is 22.5 Å². The number of fused-ring (bicyclic) bond motifs is 1. The van der Waals surface area contributed by atoms with Crippen molar-refractivity contribution < 1.29 is 4.79 Å². The maximum absolute atomic E-state index is 13.0. The van der Waals surface area contributed by atoms with Gasteiger partial charge >= 0.3 is 0 Å². The van der Waals surface area contributed by atoms with E-state index in [0.717, 1.165) is 11.1 Å². The molecule has 27 heavy (non-hydrogen) atoms. The maximum Gasteiger partial charge on any atom is 0.293 e. The molecule has 7 nitrogen and oxygen atoms in total. The van der Waals surface area contributed by atoms with Gasteiger partial charge in [0.15, 0.2) is 0 Å². The number of carbonyl (C=O) groups is 1. The first-order valence-corrected chi connectivity index (χ1v) is 8.90. The van der Waals surface area contributed by atoms with Gasteiger partial charge in [-0.2, -0.15) is 10.2 Å². The van der Waals surface area contributed by atoms with Gasteiger partial charge in [0, 0.05) is 11.1 Å². The largest absolute Gasteiger partial charge is 0.324 e. The first kappa shape index (κ1) is 18.8. The Morgan fingerprint density at radius 2 is 1.74 bits per heavy atom. The molecule has 3 aromatic rings. The molecule has 2 aromatic heterocycles. The highest BCUT2D eigenvalue weighted by atomic mass is 16.2. The lowest BCUT2D eigenvalue weighted by molar-refractivity contribution is -0.117. The fraction of sp³-hybridized carbons (Fsp3) is 0.400. The molecule has 0 saturated carbocycles. The molecule has 0 saturated heterocycles. The van der Waals surface area contributed by atoms with Crippen molar-refractivity contribution in [1.29, 1.82) is 0 Å². The minimum atomic E-state index is -0.353. The van der Waals surface area contributed by atoms with Crippen molar-refractivity contribution in [3.8, 4) is 0 Å². The van der Waals surface area contributed by atoms with Crippen LogP contribution in [0.25, 0.3) is 10.9 Å². The van der Waals surface area contributed by atoms with Gasteiger partial charge in [-0.25, -0.2) is 4.68 Å². The molecule has 0 unspecified atom stereocenters. The summed E-state index contributed by atoms with van der Waals surface area (Å²) in [4.78, 5) is 25.5. The Kier molecular flexibility index (Phi) is 4.63. The molecule has 0 aliphatic heterocycles. The van der Waals surface area contributed by atoms with Gasteiger partial charge in [0.1, 0.15) is 12.1 Å². The van der Waals surface area contributed by atoms with E-state index in [4.69, 9.17) is 0 Å². The summed E-state index contributed by atoms with van der Waals surface area (Å²) < 4.78 is 2.90. The summed E-state index contributed by atoms with van der Waals surface area (Å²) >= 11 is 0. The van der Waals surface area contributed by atoms with Crippen LogP contribution < -0.4 is 10.9 Å². The summed E-state index contributed by atoms with van der Waals surface area (Å²) in [5.74, 6) is -0.296. The number of hydrogen-bond acceptors (Lipinski definition) is 4. The van der Waals surface area contributed by atoms with E-state index >= 15 is 0 Å².